The van der Waals surface area contributed by atoms with E-state index >= 15 is 0 Å². The number of hydrogen-bond acceptors (Lipinski definition) is 1. The fourth-order valence-corrected chi connectivity index (χ4v) is 0.755. The van der Waals surface area contributed by atoms with Gasteiger partial charge in [0.05, 0.1) is 11.4 Å². The molecule has 0 aliphatic carbocycles. The van der Waals surface area contributed by atoms with E-state index in [-0.39, 0.29) is 5.71 Å². The summed E-state index contributed by atoms with van der Waals surface area (Å²) in [5, 5.41) is 0. The normalized spacial score (nSPS) is 12.2. The number of aliphatic imine (C=N–C) groups is 1. The largest absolute Gasteiger partial charge is 0.276 e. The first kappa shape index (κ1) is 8.84. The first-order chi connectivity index (χ1) is 5.70. The average molecular weight is 169 g/mol. The average Bonchev–Trinajstić information content (AvgIpc) is 2.06. The second kappa shape index (κ2) is 3.95. The Morgan fingerprint density at radius 2 is 1.83 bits per heavy atom. The van der Waals surface area contributed by atoms with E-state index in [1.807, 2.05) is 6.07 Å². The summed E-state index contributed by atoms with van der Waals surface area (Å²) in [5.41, 5.74) is 0.413. The van der Waals surface area contributed by atoms with Gasteiger partial charge in [-0.05, 0) is 19.1 Å². The van der Waals surface area contributed by atoms with Crippen LogP contribution in [0.2, 0.25) is 0 Å². The molecule has 0 aromatic heterocycles. The van der Waals surface area contributed by atoms with Crippen LogP contribution in [-0.2, 0) is 0 Å². The summed E-state index contributed by atoms with van der Waals surface area (Å²) in [6.07, 6.45) is -2.47. The standard InChI is InChI=1S/C9H9F2N/c1-7(9(10)11)12-8-5-3-2-4-6-8/h2-6,9H,1H3/b12-7+. The van der Waals surface area contributed by atoms with Crippen LogP contribution in [0.1, 0.15) is 6.92 Å². The van der Waals surface area contributed by atoms with Gasteiger partial charge in [0, 0.05) is 0 Å². The summed E-state index contributed by atoms with van der Waals surface area (Å²) in [6, 6.07) is 8.71. The third-order valence-electron chi connectivity index (χ3n) is 1.38. The van der Waals surface area contributed by atoms with Gasteiger partial charge < -0.3 is 0 Å². The predicted octanol–water partition coefficient (Wildman–Crippen LogP) is 3.04. The molecule has 3 heteroatoms. The molecule has 0 spiro atoms. The molecule has 12 heavy (non-hydrogen) atoms. The van der Waals surface area contributed by atoms with E-state index in [1.165, 1.54) is 6.92 Å². The van der Waals surface area contributed by atoms with Crippen LogP contribution >= 0.6 is 0 Å². The molecule has 0 aliphatic heterocycles. The molecule has 0 amide bonds. The molecule has 1 rings (SSSR count). The van der Waals surface area contributed by atoms with Gasteiger partial charge >= 0.3 is 0 Å². The minimum atomic E-state index is -2.47. The Morgan fingerprint density at radius 3 is 2.33 bits per heavy atom. The van der Waals surface area contributed by atoms with Crippen molar-refractivity contribution >= 4 is 11.4 Å². The van der Waals surface area contributed by atoms with Gasteiger partial charge in [-0.3, -0.25) is 4.99 Å². The van der Waals surface area contributed by atoms with E-state index in [1.54, 1.807) is 24.3 Å². The molecule has 1 nitrogen and oxygen atoms in total. The highest BCUT2D eigenvalue weighted by molar-refractivity contribution is 5.87. The van der Waals surface area contributed by atoms with E-state index in [0.29, 0.717) is 5.69 Å². The molecule has 0 N–H and O–H groups in total. The maximum Gasteiger partial charge on any atom is 0.276 e. The number of hydrogen-bond donors (Lipinski definition) is 0. The number of rotatable bonds is 2. The molecule has 0 aliphatic rings. The molecule has 1 aromatic rings. The first-order valence-corrected chi connectivity index (χ1v) is 3.58. The van der Waals surface area contributed by atoms with Crippen LogP contribution in [0.4, 0.5) is 14.5 Å². The quantitative estimate of drug-likeness (QED) is 0.603. The fourth-order valence-electron chi connectivity index (χ4n) is 0.755. The van der Waals surface area contributed by atoms with E-state index < -0.39 is 6.43 Å². The van der Waals surface area contributed by atoms with Gasteiger partial charge in [-0.25, -0.2) is 8.78 Å². The van der Waals surface area contributed by atoms with Crippen molar-refractivity contribution in [2.45, 2.75) is 13.3 Å². The second-order valence-corrected chi connectivity index (χ2v) is 2.39. The van der Waals surface area contributed by atoms with Crippen LogP contribution in [0.25, 0.3) is 0 Å². The van der Waals surface area contributed by atoms with Crippen molar-refractivity contribution in [3.63, 3.8) is 0 Å². The molecular formula is C9H9F2N. The Morgan fingerprint density at radius 1 is 1.25 bits per heavy atom. The van der Waals surface area contributed by atoms with Gasteiger partial charge in [0.2, 0.25) is 0 Å². The van der Waals surface area contributed by atoms with Crippen molar-refractivity contribution < 1.29 is 8.78 Å². The molecule has 0 bridgehead atoms. The Labute approximate surface area is 69.8 Å². The summed E-state index contributed by atoms with van der Waals surface area (Å²) in [6.45, 7) is 1.32. The fraction of sp³-hybridized carbons (Fsp3) is 0.222. The number of benzene rings is 1. The molecule has 0 fully saturated rings. The Balaban J connectivity index is 2.81. The van der Waals surface area contributed by atoms with E-state index in [9.17, 15) is 8.78 Å². The minimum absolute atomic E-state index is 0.152. The van der Waals surface area contributed by atoms with Gasteiger partial charge in [-0.2, -0.15) is 0 Å². The van der Waals surface area contributed by atoms with E-state index in [0.717, 1.165) is 0 Å². The predicted molar refractivity (Wildman–Crippen MR) is 45.2 cm³/mol. The summed E-state index contributed by atoms with van der Waals surface area (Å²) >= 11 is 0. The Bertz CT molecular complexity index is 267. The Hall–Kier alpha value is -1.25. The zero-order chi connectivity index (χ0) is 8.97. The maximum atomic E-state index is 12.0. The molecule has 0 atom stereocenters. The van der Waals surface area contributed by atoms with Gasteiger partial charge in [-0.15, -0.1) is 0 Å². The lowest BCUT2D eigenvalue weighted by atomic mass is 10.3. The van der Waals surface area contributed by atoms with Gasteiger partial charge in [0.25, 0.3) is 6.43 Å². The summed E-state index contributed by atoms with van der Waals surface area (Å²) in [5.74, 6) is 0. The van der Waals surface area contributed by atoms with Gasteiger partial charge in [-0.1, -0.05) is 18.2 Å². The number of halogens is 2. The third kappa shape index (κ3) is 2.42. The van der Waals surface area contributed by atoms with Crippen LogP contribution in [0.15, 0.2) is 35.3 Å². The molecule has 0 heterocycles. The lowest BCUT2D eigenvalue weighted by Gasteiger charge is -1.97. The minimum Gasteiger partial charge on any atom is -0.252 e. The highest BCUT2D eigenvalue weighted by atomic mass is 19.3. The summed E-state index contributed by atoms with van der Waals surface area (Å²) < 4.78 is 24.0. The highest BCUT2D eigenvalue weighted by Gasteiger charge is 2.05. The van der Waals surface area contributed by atoms with Crippen molar-refractivity contribution in [3.8, 4) is 0 Å². The van der Waals surface area contributed by atoms with Crippen molar-refractivity contribution in [1.29, 1.82) is 0 Å². The first-order valence-electron chi connectivity index (χ1n) is 3.58. The van der Waals surface area contributed by atoms with Crippen LogP contribution < -0.4 is 0 Å². The monoisotopic (exact) mass is 169 g/mol. The lowest BCUT2D eigenvalue weighted by Crippen LogP contribution is -2.03. The maximum absolute atomic E-state index is 12.0. The molecule has 64 valence electrons. The van der Waals surface area contributed by atoms with Crippen LogP contribution in [0.5, 0.6) is 0 Å². The zero-order valence-electron chi connectivity index (χ0n) is 6.67. The van der Waals surface area contributed by atoms with Crippen molar-refractivity contribution in [2.24, 2.45) is 4.99 Å². The second-order valence-electron chi connectivity index (χ2n) is 2.39. The highest BCUT2D eigenvalue weighted by Crippen LogP contribution is 2.11. The molecule has 0 saturated heterocycles. The zero-order valence-corrected chi connectivity index (χ0v) is 6.67. The van der Waals surface area contributed by atoms with Crippen molar-refractivity contribution in [1.82, 2.24) is 0 Å². The number of alkyl halides is 2. The summed E-state index contributed by atoms with van der Waals surface area (Å²) in [7, 11) is 0. The number of para-hydroxylation sites is 1. The van der Waals surface area contributed by atoms with Crippen molar-refractivity contribution in [3.05, 3.63) is 30.3 Å². The van der Waals surface area contributed by atoms with E-state index in [2.05, 4.69) is 4.99 Å². The van der Waals surface area contributed by atoms with Crippen molar-refractivity contribution in [2.75, 3.05) is 0 Å². The van der Waals surface area contributed by atoms with Gasteiger partial charge in [0.1, 0.15) is 0 Å². The number of nitrogens with zero attached hydrogens (tertiary/aromatic N) is 1. The Kier molecular flexibility index (Phi) is 2.91. The van der Waals surface area contributed by atoms with E-state index in [4.69, 9.17) is 0 Å². The SMILES string of the molecule is C/C(=N\c1ccccc1)C(F)F. The van der Waals surface area contributed by atoms with Crippen LogP contribution in [0, 0.1) is 0 Å². The molecule has 0 unspecified atom stereocenters. The molecule has 1 aromatic carbocycles. The van der Waals surface area contributed by atoms with Crippen LogP contribution in [-0.4, -0.2) is 12.1 Å². The molecule has 0 saturated carbocycles. The lowest BCUT2D eigenvalue weighted by molar-refractivity contribution is 0.225. The third-order valence-corrected chi connectivity index (χ3v) is 1.38. The van der Waals surface area contributed by atoms with Crippen LogP contribution in [0.3, 0.4) is 0 Å². The summed E-state index contributed by atoms with van der Waals surface area (Å²) in [4.78, 5) is 3.73. The van der Waals surface area contributed by atoms with Gasteiger partial charge in [0.15, 0.2) is 0 Å². The molecule has 0 radical (unpaired) electrons. The topological polar surface area (TPSA) is 12.4 Å². The smallest absolute Gasteiger partial charge is 0.252 e. The molecular weight excluding hydrogens is 160 g/mol.